The molecule has 0 spiro atoms. The molecule has 0 bridgehead atoms. The van der Waals surface area contributed by atoms with Gasteiger partial charge < -0.3 is 4.55 Å². The molecule has 3 aromatic carbocycles. The average molecular weight is 321 g/mol. The molecule has 1 atom stereocenters. The van der Waals surface area contributed by atoms with E-state index < -0.39 is 11.4 Å². The second-order valence-electron chi connectivity index (χ2n) is 5.53. The van der Waals surface area contributed by atoms with Crippen LogP contribution in [-0.4, -0.2) is 4.55 Å². The number of benzene rings is 3. The van der Waals surface area contributed by atoms with Crippen molar-refractivity contribution >= 4 is 17.0 Å². The van der Waals surface area contributed by atoms with Gasteiger partial charge in [-0.3, -0.25) is 0 Å². The van der Waals surface area contributed by atoms with Gasteiger partial charge in [0, 0.05) is 0 Å². The second kappa shape index (κ2) is 6.90. The van der Waals surface area contributed by atoms with Gasteiger partial charge in [-0.05, 0) is 60.4 Å². The molecule has 0 amide bonds. The van der Waals surface area contributed by atoms with E-state index in [1.807, 2.05) is 74.5 Å². The Labute approximate surface area is 140 Å². The van der Waals surface area contributed by atoms with Crippen molar-refractivity contribution in [3.63, 3.8) is 0 Å². The number of aryl methyl sites for hydroxylation is 2. The summed E-state index contributed by atoms with van der Waals surface area (Å²) in [4.78, 5) is 0.771. The lowest BCUT2D eigenvalue weighted by atomic mass is 10.1. The number of para-hydroxylation sites is 1. The minimum absolute atomic E-state index is 0.771. The van der Waals surface area contributed by atoms with E-state index in [1.165, 1.54) is 0 Å². The molecule has 0 aliphatic carbocycles. The van der Waals surface area contributed by atoms with Gasteiger partial charge in [0.2, 0.25) is 0 Å². The molecule has 23 heavy (non-hydrogen) atoms. The Morgan fingerprint density at radius 1 is 0.696 bits per heavy atom. The van der Waals surface area contributed by atoms with Gasteiger partial charge in [0.25, 0.3) is 0 Å². The third-order valence-corrected chi connectivity index (χ3v) is 4.94. The first-order valence-corrected chi connectivity index (χ1v) is 8.70. The number of anilines is 1. The predicted molar refractivity (Wildman–Crippen MR) is 97.8 cm³/mol. The summed E-state index contributed by atoms with van der Waals surface area (Å²) in [5, 5.41) is 0. The number of hydrogen-bond acceptors (Lipinski definition) is 2. The third kappa shape index (κ3) is 3.58. The van der Waals surface area contributed by atoms with Crippen LogP contribution in [0.1, 0.15) is 11.1 Å². The fourth-order valence-electron chi connectivity index (χ4n) is 2.53. The Morgan fingerprint density at radius 2 is 1.26 bits per heavy atom. The average Bonchev–Trinajstić information content (AvgIpc) is 2.59. The summed E-state index contributed by atoms with van der Waals surface area (Å²) >= 11 is -1.27. The van der Waals surface area contributed by atoms with Crippen LogP contribution in [0.5, 0.6) is 0 Å². The van der Waals surface area contributed by atoms with Crippen LogP contribution in [0.25, 0.3) is 11.1 Å². The van der Waals surface area contributed by atoms with Gasteiger partial charge in [0.15, 0.2) is 4.90 Å². The molecule has 3 rings (SSSR count). The molecular formula is C20H19NOS. The van der Waals surface area contributed by atoms with E-state index in [2.05, 4.69) is 16.9 Å². The zero-order valence-corrected chi connectivity index (χ0v) is 14.1. The topological polar surface area (TPSA) is 35.1 Å². The molecule has 0 aromatic heterocycles. The Balaban J connectivity index is 1.79. The molecule has 1 N–H and O–H groups in total. The van der Waals surface area contributed by atoms with E-state index in [9.17, 15) is 4.55 Å². The first-order chi connectivity index (χ1) is 11.1. The van der Waals surface area contributed by atoms with Gasteiger partial charge >= 0.3 is 0 Å². The van der Waals surface area contributed by atoms with Crippen molar-refractivity contribution in [2.45, 2.75) is 18.7 Å². The summed E-state index contributed by atoms with van der Waals surface area (Å²) < 4.78 is 15.7. The highest BCUT2D eigenvalue weighted by atomic mass is 32.2. The first kappa shape index (κ1) is 15.7. The summed E-state index contributed by atoms with van der Waals surface area (Å²) in [5.74, 6) is 0. The Bertz CT molecular complexity index is 764. The highest BCUT2D eigenvalue weighted by Crippen LogP contribution is 2.25. The fraction of sp³-hybridized carbons (Fsp3) is 0.100. The van der Waals surface area contributed by atoms with Crippen LogP contribution in [0, 0.1) is 13.8 Å². The zero-order valence-electron chi connectivity index (χ0n) is 13.2. The number of hydrogen-bond donors (Lipinski definition) is 1. The monoisotopic (exact) mass is 321 g/mol. The van der Waals surface area contributed by atoms with E-state index in [4.69, 9.17) is 0 Å². The Kier molecular flexibility index (Phi) is 4.70. The molecule has 3 heteroatoms. The van der Waals surface area contributed by atoms with E-state index in [0.29, 0.717) is 0 Å². The van der Waals surface area contributed by atoms with Gasteiger partial charge in [-0.15, -0.1) is 0 Å². The normalized spacial score (nSPS) is 12.0. The van der Waals surface area contributed by atoms with Crippen LogP contribution in [0.2, 0.25) is 0 Å². The van der Waals surface area contributed by atoms with Crippen molar-refractivity contribution in [1.29, 1.82) is 0 Å². The van der Waals surface area contributed by atoms with Gasteiger partial charge in [0.1, 0.15) is 11.4 Å². The van der Waals surface area contributed by atoms with Gasteiger partial charge in [-0.1, -0.05) is 48.5 Å². The molecule has 0 saturated heterocycles. The predicted octanol–water partition coefficient (Wildman–Crippen LogP) is 5.11. The van der Waals surface area contributed by atoms with Crippen LogP contribution in [0.3, 0.4) is 0 Å². The van der Waals surface area contributed by atoms with Gasteiger partial charge in [-0.25, -0.2) is 4.72 Å². The largest absolute Gasteiger partial charge is 0.588 e. The zero-order chi connectivity index (χ0) is 16.2. The summed E-state index contributed by atoms with van der Waals surface area (Å²) in [7, 11) is 0. The van der Waals surface area contributed by atoms with Gasteiger partial charge in [0.05, 0.1) is 5.69 Å². The highest BCUT2D eigenvalue weighted by Gasteiger charge is 2.14. The Hall–Kier alpha value is -2.23. The molecule has 0 unspecified atom stereocenters. The Morgan fingerprint density at radius 3 is 1.87 bits per heavy atom. The van der Waals surface area contributed by atoms with E-state index in [-0.39, 0.29) is 0 Å². The van der Waals surface area contributed by atoms with Crippen molar-refractivity contribution < 1.29 is 4.55 Å². The minimum Gasteiger partial charge on any atom is -0.588 e. The maximum absolute atomic E-state index is 12.6. The molecule has 0 radical (unpaired) electrons. The van der Waals surface area contributed by atoms with Crippen LogP contribution >= 0.6 is 0 Å². The fourth-order valence-corrected chi connectivity index (χ4v) is 3.54. The quantitative estimate of drug-likeness (QED) is 0.678. The smallest absolute Gasteiger partial charge is 0.179 e. The molecule has 3 aromatic rings. The third-order valence-electron chi connectivity index (χ3n) is 3.85. The standard InChI is InChI=1S/C20H19NOS/c1-15-7-6-8-16(2)20(15)21-23(22)19-13-11-18(12-14-19)17-9-4-3-5-10-17/h3-14,21H,1-2H3/t23-/m0/s1. The maximum atomic E-state index is 12.6. The summed E-state index contributed by atoms with van der Waals surface area (Å²) in [6.45, 7) is 4.04. The van der Waals surface area contributed by atoms with Crippen LogP contribution in [0.15, 0.2) is 77.7 Å². The van der Waals surface area contributed by atoms with Crippen molar-refractivity contribution in [3.05, 3.63) is 83.9 Å². The molecule has 116 valence electrons. The van der Waals surface area contributed by atoms with E-state index in [0.717, 1.165) is 32.8 Å². The molecule has 2 nitrogen and oxygen atoms in total. The second-order valence-corrected chi connectivity index (χ2v) is 6.74. The highest BCUT2D eigenvalue weighted by molar-refractivity contribution is 7.92. The summed E-state index contributed by atoms with van der Waals surface area (Å²) in [5.41, 5.74) is 5.42. The van der Waals surface area contributed by atoms with Crippen LogP contribution in [0.4, 0.5) is 5.69 Å². The molecule has 0 aliphatic heterocycles. The minimum atomic E-state index is -1.27. The summed E-state index contributed by atoms with van der Waals surface area (Å²) in [6, 6.07) is 24.1. The lowest BCUT2D eigenvalue weighted by molar-refractivity contribution is 0.600. The van der Waals surface area contributed by atoms with E-state index >= 15 is 0 Å². The lowest BCUT2D eigenvalue weighted by Gasteiger charge is -2.15. The molecule has 0 saturated carbocycles. The number of rotatable bonds is 4. The van der Waals surface area contributed by atoms with Crippen LogP contribution in [-0.2, 0) is 11.4 Å². The van der Waals surface area contributed by atoms with E-state index in [1.54, 1.807) is 0 Å². The molecule has 0 aliphatic rings. The van der Waals surface area contributed by atoms with Crippen molar-refractivity contribution in [3.8, 4) is 11.1 Å². The summed E-state index contributed by atoms with van der Waals surface area (Å²) in [6.07, 6.45) is 0. The van der Waals surface area contributed by atoms with Crippen molar-refractivity contribution in [2.75, 3.05) is 4.72 Å². The molecular weight excluding hydrogens is 302 g/mol. The first-order valence-electron chi connectivity index (χ1n) is 7.55. The molecule has 0 fully saturated rings. The van der Waals surface area contributed by atoms with Gasteiger partial charge in [-0.2, -0.15) is 0 Å². The number of nitrogens with one attached hydrogen (secondary N) is 1. The van der Waals surface area contributed by atoms with Crippen molar-refractivity contribution in [1.82, 2.24) is 0 Å². The SMILES string of the molecule is Cc1cccc(C)c1N[S@@+]([O-])c1ccc(-c2ccccc2)cc1. The maximum Gasteiger partial charge on any atom is 0.179 e. The molecule has 0 heterocycles. The van der Waals surface area contributed by atoms with Crippen molar-refractivity contribution in [2.24, 2.45) is 0 Å². The van der Waals surface area contributed by atoms with Crippen LogP contribution < -0.4 is 4.72 Å². The lowest BCUT2D eigenvalue weighted by Crippen LogP contribution is -2.14.